The number of benzene rings is 1. The highest BCUT2D eigenvalue weighted by Gasteiger charge is 2.24. The normalized spacial score (nSPS) is 11.6. The van der Waals surface area contributed by atoms with Crippen molar-refractivity contribution in [2.75, 3.05) is 7.11 Å². The summed E-state index contributed by atoms with van der Waals surface area (Å²) in [4.78, 5) is 11.0. The number of carbonyl (C=O) groups is 1. The zero-order valence-electron chi connectivity index (χ0n) is 8.17. The first-order valence-corrected chi connectivity index (χ1v) is 4.33. The highest BCUT2D eigenvalue weighted by molar-refractivity contribution is 6.30. The summed E-state index contributed by atoms with van der Waals surface area (Å²) in [6, 6.07) is 0.262. The molecule has 0 aliphatic rings. The van der Waals surface area contributed by atoms with E-state index in [9.17, 15) is 13.6 Å². The van der Waals surface area contributed by atoms with Gasteiger partial charge in [0.1, 0.15) is 17.7 Å². The Kier molecular flexibility index (Phi) is 5.64. The van der Waals surface area contributed by atoms with Crippen LogP contribution in [-0.4, -0.2) is 13.1 Å². The smallest absolute Gasteiger partial charge is 0.327 e. The monoisotopic (exact) mass is 271 g/mol. The summed E-state index contributed by atoms with van der Waals surface area (Å²) in [5.74, 6) is -2.87. The highest BCUT2D eigenvalue weighted by atomic mass is 35.5. The second kappa shape index (κ2) is 5.98. The molecule has 0 aromatic heterocycles. The summed E-state index contributed by atoms with van der Waals surface area (Å²) in [5, 5.41) is -0.106. The standard InChI is InChI=1S/C9H8ClF2NO2.ClH/c1-15-9(14)8(13)7-5(11)2-4(10)3-6(7)12;/h2-3,8H,13H2,1H3;1H/t8-;/m0./s1. The SMILES string of the molecule is COC(=O)[C@@H](N)c1c(F)cc(Cl)cc1F.Cl. The predicted molar refractivity (Wildman–Crippen MR) is 57.6 cm³/mol. The molecule has 7 heteroatoms. The highest BCUT2D eigenvalue weighted by Crippen LogP contribution is 2.23. The molecule has 1 atom stereocenters. The second-order valence-corrected chi connectivity index (χ2v) is 3.22. The van der Waals surface area contributed by atoms with Crippen LogP contribution in [0.3, 0.4) is 0 Å². The summed E-state index contributed by atoms with van der Waals surface area (Å²) < 4.78 is 30.8. The Morgan fingerprint density at radius 2 is 1.88 bits per heavy atom. The van der Waals surface area contributed by atoms with Gasteiger partial charge in [0, 0.05) is 5.02 Å². The number of carbonyl (C=O) groups excluding carboxylic acids is 1. The van der Waals surface area contributed by atoms with Crippen molar-refractivity contribution in [3.63, 3.8) is 0 Å². The molecule has 0 saturated heterocycles. The molecule has 0 spiro atoms. The van der Waals surface area contributed by atoms with E-state index in [4.69, 9.17) is 17.3 Å². The molecule has 0 aliphatic heterocycles. The van der Waals surface area contributed by atoms with Gasteiger partial charge < -0.3 is 10.5 Å². The average molecular weight is 272 g/mol. The summed E-state index contributed by atoms with van der Waals surface area (Å²) in [7, 11) is 1.08. The summed E-state index contributed by atoms with van der Waals surface area (Å²) in [6.07, 6.45) is 0. The fraction of sp³-hybridized carbons (Fsp3) is 0.222. The van der Waals surface area contributed by atoms with Gasteiger partial charge in [-0.2, -0.15) is 0 Å². The number of halogens is 4. The first-order chi connectivity index (χ1) is 6.97. The van der Waals surface area contributed by atoms with E-state index in [1.807, 2.05) is 0 Å². The number of hydrogen-bond donors (Lipinski definition) is 1. The van der Waals surface area contributed by atoms with Gasteiger partial charge in [0.25, 0.3) is 0 Å². The van der Waals surface area contributed by atoms with Crippen LogP contribution >= 0.6 is 24.0 Å². The molecule has 0 bridgehead atoms. The lowest BCUT2D eigenvalue weighted by molar-refractivity contribution is -0.142. The van der Waals surface area contributed by atoms with Gasteiger partial charge in [-0.05, 0) is 12.1 Å². The van der Waals surface area contributed by atoms with Gasteiger partial charge in [-0.15, -0.1) is 12.4 Å². The second-order valence-electron chi connectivity index (χ2n) is 2.78. The molecule has 3 nitrogen and oxygen atoms in total. The number of methoxy groups -OCH3 is 1. The van der Waals surface area contributed by atoms with Crippen LogP contribution in [0.25, 0.3) is 0 Å². The topological polar surface area (TPSA) is 52.3 Å². The van der Waals surface area contributed by atoms with Crippen molar-refractivity contribution in [2.24, 2.45) is 5.73 Å². The van der Waals surface area contributed by atoms with Crippen LogP contribution in [0.2, 0.25) is 5.02 Å². The Hall–Kier alpha value is -0.910. The van der Waals surface area contributed by atoms with Crippen molar-refractivity contribution in [3.8, 4) is 0 Å². The maximum Gasteiger partial charge on any atom is 0.327 e. The molecule has 0 aliphatic carbocycles. The largest absolute Gasteiger partial charge is 0.468 e. The van der Waals surface area contributed by atoms with E-state index in [1.54, 1.807) is 0 Å². The van der Waals surface area contributed by atoms with E-state index in [1.165, 1.54) is 0 Å². The van der Waals surface area contributed by atoms with Crippen LogP contribution in [0.5, 0.6) is 0 Å². The van der Waals surface area contributed by atoms with Crippen molar-refractivity contribution < 1.29 is 18.3 Å². The maximum absolute atomic E-state index is 13.2. The summed E-state index contributed by atoms with van der Waals surface area (Å²) in [5.41, 5.74) is 4.75. The maximum atomic E-state index is 13.2. The zero-order valence-corrected chi connectivity index (χ0v) is 9.74. The van der Waals surface area contributed by atoms with E-state index < -0.39 is 29.2 Å². The molecule has 0 radical (unpaired) electrons. The molecule has 0 heterocycles. The van der Waals surface area contributed by atoms with Crippen molar-refractivity contribution in [3.05, 3.63) is 34.4 Å². The van der Waals surface area contributed by atoms with E-state index in [0.29, 0.717) is 0 Å². The van der Waals surface area contributed by atoms with Gasteiger partial charge >= 0.3 is 5.97 Å². The predicted octanol–water partition coefficient (Wildman–Crippen LogP) is 2.21. The van der Waals surface area contributed by atoms with Gasteiger partial charge in [-0.3, -0.25) is 4.79 Å². The van der Waals surface area contributed by atoms with Crippen LogP contribution in [0.15, 0.2) is 12.1 Å². The quantitative estimate of drug-likeness (QED) is 0.840. The van der Waals surface area contributed by atoms with Crippen LogP contribution in [0.1, 0.15) is 11.6 Å². The minimum Gasteiger partial charge on any atom is -0.468 e. The van der Waals surface area contributed by atoms with E-state index >= 15 is 0 Å². The number of esters is 1. The average Bonchev–Trinajstić information content (AvgIpc) is 2.14. The number of hydrogen-bond acceptors (Lipinski definition) is 3. The molecule has 0 amide bonds. The zero-order chi connectivity index (χ0) is 11.6. The Balaban J connectivity index is 0.00000225. The minimum absolute atomic E-state index is 0. The third kappa shape index (κ3) is 3.04. The number of ether oxygens (including phenoxy) is 1. The van der Waals surface area contributed by atoms with Crippen molar-refractivity contribution >= 4 is 30.0 Å². The van der Waals surface area contributed by atoms with Gasteiger partial charge in [0.05, 0.1) is 12.7 Å². The first-order valence-electron chi connectivity index (χ1n) is 3.95. The third-order valence-electron chi connectivity index (χ3n) is 1.81. The lowest BCUT2D eigenvalue weighted by Crippen LogP contribution is -2.24. The Morgan fingerprint density at radius 3 is 2.25 bits per heavy atom. The molecule has 0 fully saturated rings. The molecule has 0 unspecified atom stereocenters. The molecular weight excluding hydrogens is 263 g/mol. The van der Waals surface area contributed by atoms with Crippen LogP contribution in [0, 0.1) is 11.6 Å². The van der Waals surface area contributed by atoms with E-state index in [-0.39, 0.29) is 17.4 Å². The Morgan fingerprint density at radius 1 is 1.44 bits per heavy atom. The van der Waals surface area contributed by atoms with Crippen LogP contribution < -0.4 is 5.73 Å². The Bertz CT molecular complexity index is 378. The Labute approximate surface area is 102 Å². The molecular formula is C9H9Cl2F2NO2. The lowest BCUT2D eigenvalue weighted by atomic mass is 10.1. The van der Waals surface area contributed by atoms with Crippen molar-refractivity contribution in [1.82, 2.24) is 0 Å². The third-order valence-corrected chi connectivity index (χ3v) is 2.03. The van der Waals surface area contributed by atoms with Crippen LogP contribution in [0.4, 0.5) is 8.78 Å². The number of rotatable bonds is 2. The summed E-state index contributed by atoms with van der Waals surface area (Å²) in [6.45, 7) is 0. The molecule has 90 valence electrons. The number of nitrogens with two attached hydrogens (primary N) is 1. The minimum atomic E-state index is -1.49. The van der Waals surface area contributed by atoms with Crippen molar-refractivity contribution in [2.45, 2.75) is 6.04 Å². The fourth-order valence-corrected chi connectivity index (χ4v) is 1.29. The summed E-state index contributed by atoms with van der Waals surface area (Å²) >= 11 is 5.40. The first kappa shape index (κ1) is 15.1. The van der Waals surface area contributed by atoms with Gasteiger partial charge in [-0.25, -0.2) is 8.78 Å². The van der Waals surface area contributed by atoms with Gasteiger partial charge in [0.15, 0.2) is 0 Å². The molecule has 2 N–H and O–H groups in total. The van der Waals surface area contributed by atoms with Gasteiger partial charge in [0.2, 0.25) is 0 Å². The lowest BCUT2D eigenvalue weighted by Gasteiger charge is -2.11. The van der Waals surface area contributed by atoms with E-state index in [2.05, 4.69) is 4.74 Å². The fourth-order valence-electron chi connectivity index (χ4n) is 1.10. The van der Waals surface area contributed by atoms with Crippen molar-refractivity contribution in [1.29, 1.82) is 0 Å². The van der Waals surface area contributed by atoms with E-state index in [0.717, 1.165) is 19.2 Å². The molecule has 1 aromatic rings. The molecule has 0 saturated carbocycles. The van der Waals surface area contributed by atoms with Crippen LogP contribution in [-0.2, 0) is 9.53 Å². The molecule has 16 heavy (non-hydrogen) atoms. The van der Waals surface area contributed by atoms with Gasteiger partial charge in [-0.1, -0.05) is 11.6 Å². The molecule has 1 aromatic carbocycles. The molecule has 1 rings (SSSR count).